The first-order chi connectivity index (χ1) is 26.7. The molecular weight excluding hydrogens is 685 g/mol. The Bertz CT molecular complexity index is 3010. The van der Waals surface area contributed by atoms with Crippen LogP contribution < -0.4 is 0 Å². The highest BCUT2D eigenvalue weighted by molar-refractivity contribution is 6.12. The van der Waals surface area contributed by atoms with E-state index in [-0.39, 0.29) is 17.1 Å². The summed E-state index contributed by atoms with van der Waals surface area (Å²) >= 11 is 0. The first-order valence-electron chi connectivity index (χ1n) is 20.2. The van der Waals surface area contributed by atoms with E-state index in [9.17, 15) is 0 Å². The fourth-order valence-corrected chi connectivity index (χ4v) is 10.6. The van der Waals surface area contributed by atoms with Crippen molar-refractivity contribution in [3.8, 4) is 11.4 Å². The highest BCUT2D eigenvalue weighted by Gasteiger charge is 2.53. The van der Waals surface area contributed by atoms with Crippen LogP contribution in [0.3, 0.4) is 0 Å². The van der Waals surface area contributed by atoms with E-state index in [0.29, 0.717) is 5.92 Å². The highest BCUT2D eigenvalue weighted by Crippen LogP contribution is 2.54. The molecule has 0 fully saturated rings. The highest BCUT2D eigenvalue weighted by atomic mass is 16.5. The molecule has 0 N–H and O–H groups in total. The van der Waals surface area contributed by atoms with Crippen molar-refractivity contribution in [1.29, 1.82) is 0 Å². The second-order valence-corrected chi connectivity index (χ2v) is 18.0. The lowest BCUT2D eigenvalue weighted by Crippen LogP contribution is -2.42. The van der Waals surface area contributed by atoms with Gasteiger partial charge in [0.1, 0.15) is 11.2 Å². The molecule has 0 unspecified atom stereocenters. The summed E-state index contributed by atoms with van der Waals surface area (Å²) in [5, 5.41) is 4.87. The van der Waals surface area contributed by atoms with Crippen LogP contribution in [0.4, 0.5) is 0 Å². The molecule has 5 nitrogen and oxygen atoms in total. The van der Waals surface area contributed by atoms with Gasteiger partial charge in [-0.1, -0.05) is 75.2 Å². The summed E-state index contributed by atoms with van der Waals surface area (Å²) in [6.07, 6.45) is 2.70. The molecule has 10 rings (SSSR count). The predicted octanol–water partition coefficient (Wildman–Crippen LogP) is 12.9. The quantitative estimate of drug-likeness (QED) is 0.181. The van der Waals surface area contributed by atoms with E-state index in [4.69, 9.17) is 14.7 Å². The molecule has 2 atom stereocenters. The van der Waals surface area contributed by atoms with E-state index in [2.05, 4.69) is 163 Å². The van der Waals surface area contributed by atoms with E-state index in [1.165, 1.54) is 71.6 Å². The Balaban J connectivity index is 1.18. The molecule has 0 radical (unpaired) electrons. The molecule has 1 aliphatic heterocycles. The number of aliphatic imine (C=N–C) groups is 1. The SMILES string of the molecule is Cc1cc(C)c2c(c1)[C@@H]1OC(c3cc(-n4c5ccc(C)cc5c5ccc(-n6c7ccc(C(C)C)cc7c7cccnc76)cc54)c(C)cc3C)=N[C@]1(C)CC2(C)C. The van der Waals surface area contributed by atoms with Gasteiger partial charge in [-0.25, -0.2) is 9.98 Å². The van der Waals surface area contributed by atoms with Gasteiger partial charge >= 0.3 is 0 Å². The molecule has 8 aromatic rings. The number of aryl methyl sites for hydroxylation is 5. The number of ether oxygens (including phenoxy) is 1. The summed E-state index contributed by atoms with van der Waals surface area (Å²) in [7, 11) is 0. The Morgan fingerprint density at radius 1 is 0.679 bits per heavy atom. The van der Waals surface area contributed by atoms with Crippen molar-refractivity contribution >= 4 is 49.6 Å². The number of benzene rings is 5. The van der Waals surface area contributed by atoms with Gasteiger partial charge < -0.3 is 9.30 Å². The van der Waals surface area contributed by atoms with Gasteiger partial charge in [0.05, 0.1) is 16.6 Å². The first-order valence-corrected chi connectivity index (χ1v) is 20.2. The van der Waals surface area contributed by atoms with Gasteiger partial charge in [0.2, 0.25) is 5.90 Å². The molecule has 1 aliphatic carbocycles. The molecule has 3 aromatic heterocycles. The van der Waals surface area contributed by atoms with Gasteiger partial charge in [-0.2, -0.15) is 0 Å². The minimum absolute atomic E-state index is 0.0183. The number of hydrogen-bond acceptors (Lipinski definition) is 3. The van der Waals surface area contributed by atoms with E-state index in [0.717, 1.165) is 45.9 Å². The van der Waals surface area contributed by atoms with Crippen LogP contribution in [0, 0.1) is 34.6 Å². The maximum atomic E-state index is 7.07. The molecule has 56 heavy (non-hydrogen) atoms. The van der Waals surface area contributed by atoms with Crippen molar-refractivity contribution in [1.82, 2.24) is 14.1 Å². The molecule has 2 aliphatic rings. The lowest BCUT2D eigenvalue weighted by molar-refractivity contribution is 0.108. The van der Waals surface area contributed by atoms with Crippen molar-refractivity contribution in [2.45, 2.75) is 98.6 Å². The lowest BCUT2D eigenvalue weighted by atomic mass is 9.63. The number of aromatic nitrogens is 3. The molecule has 280 valence electrons. The summed E-state index contributed by atoms with van der Waals surface area (Å²) in [5.41, 5.74) is 17.6. The zero-order valence-electron chi connectivity index (χ0n) is 34.3. The standard InChI is InChI=1S/C51H50N4O/c1-28(2)34-14-18-42-40(24-34)37-12-11-19-52-48(37)54(42)35-15-16-36-39-21-29(3)13-17-43(39)55(45(36)25-35)44-26-38(31(5)23-32(44)6)49-53-51(10)27-50(8,9)46-33(7)20-30(4)22-41(46)47(51)56-49/h11-26,28,47H,27H2,1-10H3/t47-,51+/m0/s1. The maximum absolute atomic E-state index is 7.07. The average molecular weight is 735 g/mol. The molecule has 5 aromatic carbocycles. The summed E-state index contributed by atoms with van der Waals surface area (Å²) in [6, 6.07) is 34.2. The van der Waals surface area contributed by atoms with Crippen LogP contribution in [-0.4, -0.2) is 25.6 Å². The number of rotatable bonds is 4. The van der Waals surface area contributed by atoms with Crippen LogP contribution in [0.25, 0.3) is 55.1 Å². The molecule has 5 heteroatoms. The Morgan fingerprint density at radius 2 is 1.45 bits per heavy atom. The van der Waals surface area contributed by atoms with Crippen molar-refractivity contribution < 1.29 is 4.74 Å². The van der Waals surface area contributed by atoms with Crippen molar-refractivity contribution in [3.05, 3.63) is 147 Å². The fourth-order valence-electron chi connectivity index (χ4n) is 10.6. The molecule has 0 amide bonds. The molecule has 0 bridgehead atoms. The summed E-state index contributed by atoms with van der Waals surface area (Å²) in [5.74, 6) is 1.18. The Morgan fingerprint density at radius 3 is 2.25 bits per heavy atom. The molecule has 4 heterocycles. The fraction of sp³-hybridized carbons (Fsp3) is 0.294. The average Bonchev–Trinajstić information content (AvgIpc) is 3.77. The normalized spacial score (nSPS) is 18.9. The zero-order chi connectivity index (χ0) is 39.0. The van der Waals surface area contributed by atoms with Gasteiger partial charge in [-0.3, -0.25) is 4.57 Å². The summed E-state index contributed by atoms with van der Waals surface area (Å²) in [4.78, 5) is 10.5. The van der Waals surface area contributed by atoms with Gasteiger partial charge in [0, 0.05) is 44.7 Å². The van der Waals surface area contributed by atoms with Crippen LogP contribution >= 0.6 is 0 Å². The van der Waals surface area contributed by atoms with E-state index < -0.39 is 0 Å². The number of hydrogen-bond donors (Lipinski definition) is 0. The monoisotopic (exact) mass is 734 g/mol. The third-order valence-corrected chi connectivity index (χ3v) is 12.8. The van der Waals surface area contributed by atoms with Gasteiger partial charge in [-0.05, 0) is 147 Å². The molecule has 0 saturated heterocycles. The zero-order valence-corrected chi connectivity index (χ0v) is 34.3. The Hall–Kier alpha value is -5.68. The second-order valence-electron chi connectivity index (χ2n) is 18.0. The van der Waals surface area contributed by atoms with E-state index in [1.54, 1.807) is 0 Å². The smallest absolute Gasteiger partial charge is 0.217 e. The second kappa shape index (κ2) is 11.9. The van der Waals surface area contributed by atoms with Crippen LogP contribution in [0.15, 0.2) is 102 Å². The van der Waals surface area contributed by atoms with E-state index >= 15 is 0 Å². The largest absolute Gasteiger partial charge is 0.467 e. The lowest BCUT2D eigenvalue weighted by Gasteiger charge is -2.44. The van der Waals surface area contributed by atoms with E-state index in [1.807, 2.05) is 12.3 Å². The van der Waals surface area contributed by atoms with Gasteiger partial charge in [0.25, 0.3) is 0 Å². The van der Waals surface area contributed by atoms with Gasteiger partial charge in [-0.15, -0.1) is 0 Å². The Labute approximate surface area is 329 Å². The van der Waals surface area contributed by atoms with Crippen LogP contribution in [0.1, 0.15) is 103 Å². The number of nitrogens with zero attached hydrogens (tertiary/aromatic N) is 4. The third-order valence-electron chi connectivity index (χ3n) is 12.8. The third kappa shape index (κ3) is 4.99. The summed E-state index contributed by atoms with van der Waals surface area (Å²) in [6.45, 7) is 22.6. The molecule has 0 saturated carbocycles. The molecular formula is C51H50N4O. The minimum Gasteiger partial charge on any atom is -0.467 e. The minimum atomic E-state index is -0.366. The summed E-state index contributed by atoms with van der Waals surface area (Å²) < 4.78 is 11.9. The number of pyridine rings is 1. The van der Waals surface area contributed by atoms with Crippen molar-refractivity contribution in [2.24, 2.45) is 4.99 Å². The Kier molecular flexibility index (Phi) is 7.40. The maximum Gasteiger partial charge on any atom is 0.217 e. The number of fused-ring (bicyclic) bond motifs is 9. The van der Waals surface area contributed by atoms with Crippen molar-refractivity contribution in [3.63, 3.8) is 0 Å². The first kappa shape index (κ1) is 34.8. The van der Waals surface area contributed by atoms with Crippen LogP contribution in [-0.2, 0) is 10.2 Å². The van der Waals surface area contributed by atoms with Gasteiger partial charge in [0.15, 0.2) is 6.10 Å². The van der Waals surface area contributed by atoms with Crippen LogP contribution in [0.2, 0.25) is 0 Å². The predicted molar refractivity (Wildman–Crippen MR) is 234 cm³/mol. The topological polar surface area (TPSA) is 44.3 Å². The molecule has 0 spiro atoms. The van der Waals surface area contributed by atoms with Crippen molar-refractivity contribution in [2.75, 3.05) is 0 Å². The van der Waals surface area contributed by atoms with Crippen LogP contribution in [0.5, 0.6) is 0 Å².